The molecule has 0 radical (unpaired) electrons. The van der Waals surface area contributed by atoms with Crippen LogP contribution in [0.3, 0.4) is 0 Å². The molecule has 138 valence electrons. The maximum absolute atomic E-state index is 12.4. The number of ether oxygens (including phenoxy) is 1. The molecule has 0 saturated heterocycles. The Hall–Kier alpha value is -3.05. The van der Waals surface area contributed by atoms with Crippen LogP contribution < -0.4 is 15.4 Å². The van der Waals surface area contributed by atoms with Gasteiger partial charge in [0.25, 0.3) is 5.91 Å². The number of aryl methyl sites for hydroxylation is 1. The van der Waals surface area contributed by atoms with E-state index < -0.39 is 0 Å². The zero-order valence-corrected chi connectivity index (χ0v) is 15.9. The second kappa shape index (κ2) is 8.56. The van der Waals surface area contributed by atoms with Crippen molar-refractivity contribution in [1.29, 1.82) is 0 Å². The Morgan fingerprint density at radius 1 is 1.15 bits per heavy atom. The molecule has 1 heterocycles. The van der Waals surface area contributed by atoms with Crippen molar-refractivity contribution in [2.75, 3.05) is 12.4 Å². The highest BCUT2D eigenvalue weighted by molar-refractivity contribution is 6.30. The van der Waals surface area contributed by atoms with Crippen molar-refractivity contribution in [1.82, 2.24) is 10.3 Å². The Kier molecular flexibility index (Phi) is 5.94. The van der Waals surface area contributed by atoms with E-state index in [0.29, 0.717) is 22.9 Å². The number of halogens is 1. The van der Waals surface area contributed by atoms with E-state index in [2.05, 4.69) is 15.6 Å². The van der Waals surface area contributed by atoms with E-state index in [1.165, 1.54) is 0 Å². The highest BCUT2D eigenvalue weighted by Crippen LogP contribution is 2.22. The predicted octanol–water partition coefficient (Wildman–Crippen LogP) is 4.73. The Labute approximate surface area is 163 Å². The fourth-order valence-electron chi connectivity index (χ4n) is 2.63. The van der Waals surface area contributed by atoms with Crippen LogP contribution >= 0.6 is 11.6 Å². The van der Waals surface area contributed by atoms with Crippen LogP contribution in [0, 0.1) is 6.92 Å². The number of carbonyl (C=O) groups is 1. The molecule has 0 bridgehead atoms. The third-order valence-electron chi connectivity index (χ3n) is 4.11. The third kappa shape index (κ3) is 4.77. The van der Waals surface area contributed by atoms with Crippen molar-refractivity contribution in [3.63, 3.8) is 0 Å². The molecule has 0 fully saturated rings. The number of hydrogen-bond acceptors (Lipinski definition) is 4. The number of carbonyl (C=O) groups excluding carboxylic acids is 1. The Bertz CT molecular complexity index is 942. The maximum Gasteiger partial charge on any atom is 0.253 e. The Morgan fingerprint density at radius 3 is 2.67 bits per heavy atom. The molecule has 27 heavy (non-hydrogen) atoms. The minimum Gasteiger partial charge on any atom is -0.496 e. The van der Waals surface area contributed by atoms with Gasteiger partial charge in [0.2, 0.25) is 0 Å². The first kappa shape index (κ1) is 18.7. The zero-order valence-electron chi connectivity index (χ0n) is 15.1. The molecule has 3 rings (SSSR count). The van der Waals surface area contributed by atoms with Crippen LogP contribution in [-0.2, 0) is 6.54 Å². The molecule has 1 amide bonds. The van der Waals surface area contributed by atoms with Gasteiger partial charge < -0.3 is 15.4 Å². The molecule has 2 aromatic carbocycles. The highest BCUT2D eigenvalue weighted by atomic mass is 35.5. The lowest BCUT2D eigenvalue weighted by atomic mass is 10.2. The lowest BCUT2D eigenvalue weighted by Crippen LogP contribution is -2.23. The predicted molar refractivity (Wildman–Crippen MR) is 108 cm³/mol. The van der Waals surface area contributed by atoms with Crippen molar-refractivity contribution < 1.29 is 9.53 Å². The average molecular weight is 382 g/mol. The number of benzene rings is 2. The summed E-state index contributed by atoms with van der Waals surface area (Å²) in [4.78, 5) is 16.7. The molecule has 0 aliphatic carbocycles. The SMILES string of the molecule is COc1ccccc1CNC(=O)c1ccc(Nc2ccc(Cl)cc2C)nc1. The fraction of sp³-hybridized carbons (Fsp3) is 0.143. The van der Waals surface area contributed by atoms with E-state index in [4.69, 9.17) is 16.3 Å². The number of pyridine rings is 1. The van der Waals surface area contributed by atoms with E-state index >= 15 is 0 Å². The van der Waals surface area contributed by atoms with Gasteiger partial charge in [-0.3, -0.25) is 4.79 Å². The van der Waals surface area contributed by atoms with Crippen LogP contribution in [0.5, 0.6) is 5.75 Å². The number of nitrogens with zero attached hydrogens (tertiary/aromatic N) is 1. The zero-order chi connectivity index (χ0) is 19.2. The molecule has 0 atom stereocenters. The summed E-state index contributed by atoms with van der Waals surface area (Å²) in [6.07, 6.45) is 1.55. The molecule has 3 aromatic rings. The van der Waals surface area contributed by atoms with Gasteiger partial charge in [-0.25, -0.2) is 4.98 Å². The van der Waals surface area contributed by atoms with E-state index in [-0.39, 0.29) is 5.91 Å². The summed E-state index contributed by atoms with van der Waals surface area (Å²) in [5.74, 6) is 1.21. The summed E-state index contributed by atoms with van der Waals surface area (Å²) < 4.78 is 5.29. The van der Waals surface area contributed by atoms with E-state index in [9.17, 15) is 4.79 Å². The summed E-state index contributed by atoms with van der Waals surface area (Å²) in [6, 6.07) is 16.7. The van der Waals surface area contributed by atoms with E-state index in [1.807, 2.05) is 49.4 Å². The topological polar surface area (TPSA) is 63.2 Å². The summed E-state index contributed by atoms with van der Waals surface area (Å²) in [6.45, 7) is 2.35. The molecule has 0 aliphatic rings. The van der Waals surface area contributed by atoms with Crippen molar-refractivity contribution in [3.05, 3.63) is 82.5 Å². The normalized spacial score (nSPS) is 10.3. The Morgan fingerprint density at radius 2 is 1.96 bits per heavy atom. The lowest BCUT2D eigenvalue weighted by Gasteiger charge is -2.11. The Balaban J connectivity index is 1.63. The van der Waals surface area contributed by atoms with Crippen LogP contribution in [0.1, 0.15) is 21.5 Å². The molecular weight excluding hydrogens is 362 g/mol. The second-order valence-corrected chi connectivity index (χ2v) is 6.45. The van der Waals surface area contributed by atoms with Crippen LogP contribution in [0.2, 0.25) is 5.02 Å². The number of para-hydroxylation sites is 1. The van der Waals surface area contributed by atoms with Crippen molar-refractivity contribution in [2.45, 2.75) is 13.5 Å². The van der Waals surface area contributed by atoms with Crippen molar-refractivity contribution >= 4 is 29.0 Å². The number of rotatable bonds is 6. The smallest absolute Gasteiger partial charge is 0.253 e. The van der Waals surface area contributed by atoms with Gasteiger partial charge in [-0.1, -0.05) is 29.8 Å². The van der Waals surface area contributed by atoms with Gasteiger partial charge >= 0.3 is 0 Å². The van der Waals surface area contributed by atoms with Gasteiger partial charge in [-0.15, -0.1) is 0 Å². The highest BCUT2D eigenvalue weighted by Gasteiger charge is 2.09. The number of methoxy groups -OCH3 is 1. The van der Waals surface area contributed by atoms with Crippen LogP contribution in [0.25, 0.3) is 0 Å². The first-order chi connectivity index (χ1) is 13.1. The van der Waals surface area contributed by atoms with Crippen molar-refractivity contribution in [2.24, 2.45) is 0 Å². The minimum absolute atomic E-state index is 0.192. The quantitative estimate of drug-likeness (QED) is 0.648. The number of aromatic nitrogens is 1. The molecule has 0 aliphatic heterocycles. The van der Waals surface area contributed by atoms with Gasteiger partial charge in [-0.05, 0) is 48.9 Å². The number of anilines is 2. The fourth-order valence-corrected chi connectivity index (χ4v) is 2.86. The van der Waals surface area contributed by atoms with E-state index in [1.54, 1.807) is 25.4 Å². The summed E-state index contributed by atoms with van der Waals surface area (Å²) in [5, 5.41) is 6.79. The molecular formula is C21H20ClN3O2. The largest absolute Gasteiger partial charge is 0.496 e. The molecule has 5 nitrogen and oxygen atoms in total. The molecule has 0 saturated carbocycles. The average Bonchev–Trinajstić information content (AvgIpc) is 2.69. The van der Waals surface area contributed by atoms with E-state index in [0.717, 1.165) is 22.6 Å². The van der Waals surface area contributed by atoms with Gasteiger partial charge in [0.05, 0.1) is 12.7 Å². The monoisotopic (exact) mass is 381 g/mol. The van der Waals surface area contributed by atoms with Gasteiger partial charge in [0.1, 0.15) is 11.6 Å². The van der Waals surface area contributed by atoms with Crippen molar-refractivity contribution in [3.8, 4) is 5.75 Å². The summed E-state index contributed by atoms with van der Waals surface area (Å²) in [5.41, 5.74) is 3.34. The van der Waals surface area contributed by atoms with Gasteiger partial charge in [0, 0.05) is 29.0 Å². The third-order valence-corrected chi connectivity index (χ3v) is 4.34. The molecule has 0 unspecified atom stereocenters. The maximum atomic E-state index is 12.4. The number of hydrogen-bond donors (Lipinski definition) is 2. The first-order valence-corrected chi connectivity index (χ1v) is 8.84. The summed E-state index contributed by atoms with van der Waals surface area (Å²) >= 11 is 5.97. The number of amides is 1. The molecule has 0 spiro atoms. The number of nitrogens with one attached hydrogen (secondary N) is 2. The molecule has 2 N–H and O–H groups in total. The van der Waals surface area contributed by atoms with Crippen LogP contribution in [0.4, 0.5) is 11.5 Å². The standard InChI is InChI=1S/C21H20ClN3O2/c1-14-11-17(22)8-9-18(14)25-20-10-7-16(13-23-20)21(26)24-12-15-5-3-4-6-19(15)27-2/h3-11,13H,12H2,1-2H3,(H,23,25)(H,24,26). The lowest BCUT2D eigenvalue weighted by molar-refractivity contribution is 0.0950. The van der Waals surface area contributed by atoms with Gasteiger partial charge in [-0.2, -0.15) is 0 Å². The summed E-state index contributed by atoms with van der Waals surface area (Å²) in [7, 11) is 1.61. The first-order valence-electron chi connectivity index (χ1n) is 8.46. The molecule has 6 heteroatoms. The minimum atomic E-state index is -0.192. The van der Waals surface area contributed by atoms with Gasteiger partial charge in [0.15, 0.2) is 0 Å². The van der Waals surface area contributed by atoms with Crippen LogP contribution in [-0.4, -0.2) is 18.0 Å². The second-order valence-electron chi connectivity index (χ2n) is 6.01. The molecule has 1 aromatic heterocycles. The van der Waals surface area contributed by atoms with Crippen LogP contribution in [0.15, 0.2) is 60.8 Å².